The Morgan fingerprint density at radius 3 is 1.59 bits per heavy atom. The van der Waals surface area contributed by atoms with E-state index in [2.05, 4.69) is 6.92 Å². The van der Waals surface area contributed by atoms with E-state index in [4.69, 9.17) is 18.0 Å². The monoisotopic (exact) mass is 264 g/mol. The first-order valence-electron chi connectivity index (χ1n) is 6.12. The van der Waals surface area contributed by atoms with E-state index in [9.17, 15) is 0 Å². The van der Waals surface area contributed by atoms with E-state index in [1.807, 2.05) is 27.7 Å². The first kappa shape index (κ1) is 17.1. The second kappa shape index (κ2) is 6.29. The molecular formula is C12H28O4Si. The van der Waals surface area contributed by atoms with Gasteiger partial charge in [0.2, 0.25) is 0 Å². The molecule has 1 atom stereocenters. The summed E-state index contributed by atoms with van der Waals surface area (Å²) in [5, 5.41) is -0.525. The molecule has 0 amide bonds. The van der Waals surface area contributed by atoms with Gasteiger partial charge in [-0.2, -0.15) is 0 Å². The quantitative estimate of drug-likeness (QED) is 0.632. The number of ether oxygens (including phenoxy) is 1. The second-order valence-corrected chi connectivity index (χ2v) is 8.16. The number of hydrogen-bond acceptors (Lipinski definition) is 4. The van der Waals surface area contributed by atoms with Crippen molar-refractivity contribution in [1.82, 2.24) is 0 Å². The molecule has 0 rings (SSSR count). The average molecular weight is 264 g/mol. The zero-order valence-electron chi connectivity index (χ0n) is 12.5. The molecule has 0 aliphatic heterocycles. The zero-order chi connectivity index (χ0) is 13.7. The van der Waals surface area contributed by atoms with Crippen LogP contribution in [0.3, 0.4) is 0 Å². The Morgan fingerprint density at radius 2 is 1.35 bits per heavy atom. The molecule has 0 radical (unpaired) electrons. The van der Waals surface area contributed by atoms with E-state index in [0.29, 0.717) is 0 Å². The van der Waals surface area contributed by atoms with Crippen molar-refractivity contribution in [3.8, 4) is 0 Å². The van der Waals surface area contributed by atoms with Gasteiger partial charge in [-0.05, 0) is 33.6 Å². The van der Waals surface area contributed by atoms with E-state index in [1.165, 1.54) is 0 Å². The first-order chi connectivity index (χ1) is 7.76. The lowest BCUT2D eigenvalue weighted by molar-refractivity contribution is -0.0704. The Balaban J connectivity index is 5.29. The fraction of sp³-hybridized carbons (Fsp3) is 1.00. The van der Waals surface area contributed by atoms with Crippen LogP contribution in [0.1, 0.15) is 47.5 Å². The SMILES string of the molecule is CCC(C)(C)O[Si](OC)(OC)[C@](C)(CC)OC. The third-order valence-corrected chi connectivity index (χ3v) is 7.32. The summed E-state index contributed by atoms with van der Waals surface area (Å²) in [6, 6.07) is 0. The normalized spacial score (nSPS) is 16.9. The lowest BCUT2D eigenvalue weighted by Gasteiger charge is -2.44. The number of hydrogen-bond donors (Lipinski definition) is 0. The summed E-state index contributed by atoms with van der Waals surface area (Å²) < 4.78 is 23.1. The van der Waals surface area contributed by atoms with Crippen molar-refractivity contribution in [3.63, 3.8) is 0 Å². The van der Waals surface area contributed by atoms with Crippen LogP contribution in [0.2, 0.25) is 0 Å². The van der Waals surface area contributed by atoms with Gasteiger partial charge in [0.05, 0.1) is 5.60 Å². The molecule has 17 heavy (non-hydrogen) atoms. The lowest BCUT2D eigenvalue weighted by atomic mass is 10.1. The van der Waals surface area contributed by atoms with Gasteiger partial charge >= 0.3 is 8.80 Å². The smallest absolute Gasteiger partial charge is 0.375 e. The molecule has 0 aromatic carbocycles. The van der Waals surface area contributed by atoms with Gasteiger partial charge in [0.15, 0.2) is 0 Å². The molecule has 0 aromatic heterocycles. The largest absolute Gasteiger partial charge is 0.534 e. The van der Waals surface area contributed by atoms with Gasteiger partial charge in [0.25, 0.3) is 0 Å². The van der Waals surface area contributed by atoms with Crippen molar-refractivity contribution in [2.24, 2.45) is 0 Å². The Kier molecular flexibility index (Phi) is 6.31. The molecular weight excluding hydrogens is 236 g/mol. The van der Waals surface area contributed by atoms with Gasteiger partial charge in [-0.15, -0.1) is 0 Å². The highest BCUT2D eigenvalue weighted by molar-refractivity contribution is 6.64. The molecule has 0 bridgehead atoms. The van der Waals surface area contributed by atoms with Gasteiger partial charge in [-0.1, -0.05) is 13.8 Å². The Bertz CT molecular complexity index is 223. The van der Waals surface area contributed by atoms with Crippen molar-refractivity contribution in [1.29, 1.82) is 0 Å². The van der Waals surface area contributed by atoms with Crippen LogP contribution < -0.4 is 0 Å². The van der Waals surface area contributed by atoms with Crippen molar-refractivity contribution in [2.45, 2.75) is 58.3 Å². The van der Waals surface area contributed by atoms with Crippen LogP contribution in [0.25, 0.3) is 0 Å². The van der Waals surface area contributed by atoms with Crippen molar-refractivity contribution < 1.29 is 18.0 Å². The van der Waals surface area contributed by atoms with Gasteiger partial charge in [-0.3, -0.25) is 0 Å². The minimum atomic E-state index is -2.88. The molecule has 0 unspecified atom stereocenters. The fourth-order valence-electron chi connectivity index (χ4n) is 1.63. The van der Waals surface area contributed by atoms with E-state index in [1.54, 1.807) is 21.3 Å². The standard InChI is InChI=1S/C12H28O4Si/c1-9-11(3,4)16-17(14-7,15-8)12(5,10-2)13-6/h9-10H2,1-8H3/t12-/m1/s1. The van der Waals surface area contributed by atoms with Crippen LogP contribution >= 0.6 is 0 Å². The minimum Gasteiger partial charge on any atom is -0.375 e. The van der Waals surface area contributed by atoms with E-state index < -0.39 is 14.0 Å². The highest BCUT2D eigenvalue weighted by atomic mass is 28.4. The Morgan fingerprint density at radius 1 is 0.882 bits per heavy atom. The summed E-state index contributed by atoms with van der Waals surface area (Å²) in [6.45, 7) is 10.2. The summed E-state index contributed by atoms with van der Waals surface area (Å²) in [5.41, 5.74) is -0.285. The van der Waals surface area contributed by atoms with E-state index in [0.717, 1.165) is 12.8 Å². The van der Waals surface area contributed by atoms with Crippen molar-refractivity contribution >= 4 is 8.80 Å². The van der Waals surface area contributed by atoms with Crippen LogP contribution in [0.4, 0.5) is 0 Å². The molecule has 104 valence electrons. The molecule has 0 heterocycles. The Hall–Kier alpha value is 0.0569. The van der Waals surface area contributed by atoms with Gasteiger partial charge in [-0.25, -0.2) is 0 Å². The molecule has 4 nitrogen and oxygen atoms in total. The maximum Gasteiger partial charge on any atom is 0.534 e. The maximum absolute atomic E-state index is 6.19. The molecule has 5 heteroatoms. The van der Waals surface area contributed by atoms with Gasteiger partial charge in [0, 0.05) is 21.3 Å². The summed E-state index contributed by atoms with van der Waals surface area (Å²) in [5.74, 6) is 0. The molecule has 0 N–H and O–H groups in total. The molecule has 0 aromatic rings. The third kappa shape index (κ3) is 3.51. The predicted molar refractivity (Wildman–Crippen MR) is 70.9 cm³/mol. The third-order valence-electron chi connectivity index (χ3n) is 3.57. The topological polar surface area (TPSA) is 36.9 Å². The van der Waals surface area contributed by atoms with Crippen molar-refractivity contribution in [2.75, 3.05) is 21.3 Å². The van der Waals surface area contributed by atoms with E-state index >= 15 is 0 Å². The zero-order valence-corrected chi connectivity index (χ0v) is 13.5. The molecule has 0 fully saturated rings. The van der Waals surface area contributed by atoms with Crippen LogP contribution in [-0.4, -0.2) is 41.0 Å². The van der Waals surface area contributed by atoms with Crippen LogP contribution in [-0.2, 0) is 18.0 Å². The average Bonchev–Trinajstić information content (AvgIpc) is 2.35. The van der Waals surface area contributed by atoms with Crippen LogP contribution in [0, 0.1) is 0 Å². The van der Waals surface area contributed by atoms with Gasteiger partial charge < -0.3 is 18.0 Å². The minimum absolute atomic E-state index is 0.285. The molecule has 0 aliphatic carbocycles. The number of rotatable bonds is 8. The molecule has 0 aliphatic rings. The lowest BCUT2D eigenvalue weighted by Crippen LogP contribution is -2.66. The summed E-state index contributed by atoms with van der Waals surface area (Å²) in [7, 11) is 2.06. The first-order valence-corrected chi connectivity index (χ1v) is 7.84. The van der Waals surface area contributed by atoms with Crippen LogP contribution in [0.15, 0.2) is 0 Å². The highest BCUT2D eigenvalue weighted by Gasteiger charge is 2.59. The van der Waals surface area contributed by atoms with Crippen LogP contribution in [0.5, 0.6) is 0 Å². The summed E-state index contributed by atoms with van der Waals surface area (Å²) in [6.07, 6.45) is 1.66. The fourth-order valence-corrected chi connectivity index (χ4v) is 4.60. The Labute approximate surface area is 107 Å². The second-order valence-electron chi connectivity index (χ2n) is 4.97. The molecule has 0 spiro atoms. The van der Waals surface area contributed by atoms with Crippen molar-refractivity contribution in [3.05, 3.63) is 0 Å². The highest BCUT2D eigenvalue weighted by Crippen LogP contribution is 2.34. The predicted octanol–water partition coefficient (Wildman–Crippen LogP) is 2.78. The summed E-state index contributed by atoms with van der Waals surface area (Å²) >= 11 is 0. The maximum atomic E-state index is 6.19. The summed E-state index contributed by atoms with van der Waals surface area (Å²) in [4.78, 5) is 0. The van der Waals surface area contributed by atoms with Gasteiger partial charge in [0.1, 0.15) is 5.22 Å². The molecule has 0 saturated heterocycles. The number of methoxy groups -OCH3 is 1. The molecule has 0 saturated carbocycles. The van der Waals surface area contributed by atoms with E-state index in [-0.39, 0.29) is 5.60 Å².